The second-order valence-corrected chi connectivity index (χ2v) is 9.08. The number of rotatable bonds is 3. The van der Waals surface area contributed by atoms with E-state index in [1.54, 1.807) is 12.1 Å². The minimum atomic E-state index is -2.52. The van der Waals surface area contributed by atoms with Gasteiger partial charge >= 0.3 is 5.97 Å². The molecule has 6 heteroatoms. The van der Waals surface area contributed by atoms with Crippen LogP contribution in [0.25, 0.3) is 10.9 Å². The Labute approximate surface area is 179 Å². The highest BCUT2D eigenvalue weighted by Crippen LogP contribution is 2.30. The first kappa shape index (κ1) is 23.7. The number of aliphatic carboxylic acids is 1. The molecule has 0 radical (unpaired) electrons. The summed E-state index contributed by atoms with van der Waals surface area (Å²) in [6.45, 7) is 6.99. The fraction of sp³-hybridized carbons (Fsp3) is 0.333. The van der Waals surface area contributed by atoms with Gasteiger partial charge in [-0.1, -0.05) is 49.7 Å². The van der Waals surface area contributed by atoms with Crippen LogP contribution in [0, 0.1) is 6.92 Å². The topological polar surface area (TPSA) is 85.3 Å². The zero-order valence-electron chi connectivity index (χ0n) is 18.1. The quantitative estimate of drug-likeness (QED) is 0.599. The van der Waals surface area contributed by atoms with E-state index in [-0.39, 0.29) is 6.42 Å². The van der Waals surface area contributed by atoms with E-state index in [0.29, 0.717) is 4.90 Å². The average molecular weight is 429 g/mol. The molecule has 3 aromatic rings. The van der Waals surface area contributed by atoms with Gasteiger partial charge in [0.25, 0.3) is 0 Å². The van der Waals surface area contributed by atoms with Crippen LogP contribution in [0.15, 0.2) is 53.4 Å². The van der Waals surface area contributed by atoms with Crippen LogP contribution in [0.4, 0.5) is 0 Å². The van der Waals surface area contributed by atoms with E-state index in [4.69, 9.17) is 10.2 Å². The van der Waals surface area contributed by atoms with Gasteiger partial charge in [-0.2, -0.15) is 0 Å². The normalized spacial score (nSPS) is 14.4. The number of carboxylic acids is 1. The minimum Gasteiger partial charge on any atom is -0.481 e. The summed E-state index contributed by atoms with van der Waals surface area (Å²) in [7, 11) is -2.52. The van der Waals surface area contributed by atoms with Crippen molar-refractivity contribution >= 4 is 32.5 Å². The Balaban J connectivity index is 0.000000215. The van der Waals surface area contributed by atoms with Crippen LogP contribution in [-0.4, -0.2) is 25.7 Å². The largest absolute Gasteiger partial charge is 0.481 e. The van der Waals surface area contributed by atoms with Gasteiger partial charge in [-0.15, -0.1) is 0 Å². The second kappa shape index (κ2) is 10.5. The third kappa shape index (κ3) is 5.74. The minimum absolute atomic E-state index is 0.142. The van der Waals surface area contributed by atoms with Crippen molar-refractivity contribution in [3.8, 4) is 0 Å². The van der Waals surface area contributed by atoms with Gasteiger partial charge < -0.3 is 9.67 Å². The molecule has 1 aliphatic rings. The van der Waals surface area contributed by atoms with Gasteiger partial charge in [0.2, 0.25) is 0 Å². The molecule has 0 amide bonds. The highest BCUT2D eigenvalue weighted by Gasteiger charge is 2.20. The van der Waals surface area contributed by atoms with Crippen LogP contribution < -0.4 is 5.14 Å². The second-order valence-electron chi connectivity index (χ2n) is 7.16. The van der Waals surface area contributed by atoms with E-state index in [1.807, 2.05) is 51.1 Å². The Hall–Kier alpha value is -2.57. The third-order valence-electron chi connectivity index (χ3n) is 4.99. The molecule has 0 saturated heterocycles. The molecule has 5 nitrogen and oxygen atoms in total. The molecule has 0 spiro atoms. The lowest BCUT2D eigenvalue weighted by atomic mass is 10.0. The van der Waals surface area contributed by atoms with Crippen molar-refractivity contribution in [2.75, 3.05) is 0 Å². The fourth-order valence-electron chi connectivity index (χ4n) is 3.65. The Morgan fingerprint density at radius 1 is 1.13 bits per heavy atom. The Morgan fingerprint density at radius 2 is 1.77 bits per heavy atom. The summed E-state index contributed by atoms with van der Waals surface area (Å²) < 4.78 is 13.5. The molecular formula is C24H32N2O3S. The monoisotopic (exact) mass is 428 g/mol. The molecular weight excluding hydrogens is 396 g/mol. The van der Waals surface area contributed by atoms with E-state index in [9.17, 15) is 9.00 Å². The molecule has 30 heavy (non-hydrogen) atoms. The van der Waals surface area contributed by atoms with Crippen molar-refractivity contribution in [1.29, 1.82) is 0 Å². The van der Waals surface area contributed by atoms with Crippen molar-refractivity contribution in [2.24, 2.45) is 5.14 Å². The first-order chi connectivity index (χ1) is 14.3. The molecule has 2 heterocycles. The van der Waals surface area contributed by atoms with Crippen LogP contribution >= 0.6 is 0 Å². The van der Waals surface area contributed by atoms with E-state index >= 15 is 0 Å². The number of fused-ring (bicyclic) bond motifs is 3. The molecule has 3 N–H and O–H groups in total. The maximum atomic E-state index is 11.2. The first-order valence-electron chi connectivity index (χ1n) is 10.3. The number of hydrogen-bond acceptors (Lipinski definition) is 2. The maximum absolute atomic E-state index is 11.2. The lowest BCUT2D eigenvalue weighted by Gasteiger charge is -2.16. The number of benzene rings is 2. The summed E-state index contributed by atoms with van der Waals surface area (Å²) >= 11 is 0. The average Bonchev–Trinajstić information content (AvgIpc) is 3.03. The lowest BCUT2D eigenvalue weighted by Crippen LogP contribution is -2.12. The molecule has 0 bridgehead atoms. The number of aromatic nitrogens is 1. The molecule has 1 unspecified atom stereocenters. The van der Waals surface area contributed by atoms with Gasteiger partial charge in [-0.05, 0) is 55.8 Å². The van der Waals surface area contributed by atoms with Crippen LogP contribution in [0.2, 0.25) is 0 Å². The summed E-state index contributed by atoms with van der Waals surface area (Å²) in [5, 5.41) is 15.5. The summed E-state index contributed by atoms with van der Waals surface area (Å²) in [6.07, 6.45) is 3.52. The standard InChI is InChI=1S/C14H15NO2.C8H11NOS.C2H6/c16-14(17)9-11-10-5-1-2-6-12(10)15-8-4-3-7-13(11)15;1-7-3-5-8(6-4-7)11(2,9)10;1-2/h1-2,5-6H,3-4,7-9H2,(H,16,17);3-6H,2H2,1H3,(H2,9,10);1-2H3. The number of para-hydroxylation sites is 1. The molecule has 1 atom stereocenters. The van der Waals surface area contributed by atoms with E-state index in [0.717, 1.165) is 29.5 Å². The number of carbonyl (C=O) groups is 1. The number of carboxylic acid groups (broad SMARTS) is 1. The number of aryl methyl sites for hydroxylation is 2. The van der Waals surface area contributed by atoms with Gasteiger partial charge in [0.15, 0.2) is 0 Å². The molecule has 4 rings (SSSR count). The van der Waals surface area contributed by atoms with Crippen LogP contribution in [0.5, 0.6) is 0 Å². The van der Waals surface area contributed by atoms with Crippen LogP contribution in [-0.2, 0) is 33.9 Å². The van der Waals surface area contributed by atoms with Gasteiger partial charge in [0.1, 0.15) is 0 Å². The highest BCUT2D eigenvalue weighted by atomic mass is 32.2. The summed E-state index contributed by atoms with van der Waals surface area (Å²) in [5.41, 5.74) is 4.57. The van der Waals surface area contributed by atoms with E-state index < -0.39 is 15.7 Å². The Kier molecular flexibility index (Phi) is 8.26. The lowest BCUT2D eigenvalue weighted by molar-refractivity contribution is -0.136. The van der Waals surface area contributed by atoms with Crippen molar-refractivity contribution in [3.63, 3.8) is 0 Å². The Bertz CT molecular complexity index is 1100. The fourth-order valence-corrected chi connectivity index (χ4v) is 4.25. The van der Waals surface area contributed by atoms with Crippen molar-refractivity contribution < 1.29 is 14.1 Å². The molecule has 1 aromatic heterocycles. The van der Waals surface area contributed by atoms with Gasteiger partial charge in [0.05, 0.1) is 16.1 Å². The van der Waals surface area contributed by atoms with Gasteiger partial charge in [-0.3, -0.25) is 9.93 Å². The molecule has 2 aromatic carbocycles. The molecule has 162 valence electrons. The highest BCUT2D eigenvalue weighted by molar-refractivity contribution is 7.98. The van der Waals surface area contributed by atoms with Gasteiger partial charge in [0, 0.05) is 28.0 Å². The zero-order valence-corrected chi connectivity index (χ0v) is 18.9. The Morgan fingerprint density at radius 3 is 2.37 bits per heavy atom. The van der Waals surface area contributed by atoms with E-state index in [1.165, 1.54) is 24.1 Å². The number of hydrogen-bond donors (Lipinski definition) is 2. The summed E-state index contributed by atoms with van der Waals surface area (Å²) in [6, 6.07) is 15.4. The molecule has 0 saturated carbocycles. The van der Waals surface area contributed by atoms with Crippen molar-refractivity contribution in [1.82, 2.24) is 4.57 Å². The molecule has 0 fully saturated rings. The van der Waals surface area contributed by atoms with E-state index in [2.05, 4.69) is 16.5 Å². The predicted molar refractivity (Wildman–Crippen MR) is 126 cm³/mol. The van der Waals surface area contributed by atoms with Crippen molar-refractivity contribution in [3.05, 3.63) is 65.4 Å². The van der Waals surface area contributed by atoms with Crippen LogP contribution in [0.3, 0.4) is 0 Å². The summed E-state index contributed by atoms with van der Waals surface area (Å²) in [4.78, 5) is 11.6. The number of nitrogens with zero attached hydrogens (tertiary/aromatic N) is 1. The maximum Gasteiger partial charge on any atom is 0.307 e. The smallest absolute Gasteiger partial charge is 0.307 e. The molecule has 1 aliphatic heterocycles. The van der Waals surface area contributed by atoms with Gasteiger partial charge in [-0.25, -0.2) is 4.21 Å². The third-order valence-corrected chi connectivity index (χ3v) is 6.06. The first-order valence-corrected chi connectivity index (χ1v) is 12.1. The SMILES string of the molecule is C=S(N)(=O)c1ccc(C)cc1.CC.O=C(O)Cc1c2n(c3ccccc13)CCCC2. The zero-order chi connectivity index (χ0) is 22.3. The molecule has 0 aliphatic carbocycles. The van der Waals surface area contributed by atoms with Crippen LogP contribution in [0.1, 0.15) is 43.5 Å². The number of nitrogens with two attached hydrogens (primary N) is 1. The van der Waals surface area contributed by atoms with Crippen molar-refractivity contribution in [2.45, 2.75) is 57.9 Å². The predicted octanol–water partition coefficient (Wildman–Crippen LogP) is 4.57. The summed E-state index contributed by atoms with van der Waals surface area (Å²) in [5.74, 6) is 2.63.